The molecule has 3 aromatic rings. The zero-order valence-electron chi connectivity index (χ0n) is 13.2. The Kier molecular flexibility index (Phi) is 6.24. The number of tetrazole rings is 1. The summed E-state index contributed by atoms with van der Waals surface area (Å²) in [4.78, 5) is 5.74. The third kappa shape index (κ3) is 4.50. The molecule has 0 radical (unpaired) electrons. The van der Waals surface area contributed by atoms with Gasteiger partial charge in [0.25, 0.3) is 0 Å². The molecule has 24 heavy (non-hydrogen) atoms. The molecule has 3 rings (SSSR count). The highest BCUT2D eigenvalue weighted by Crippen LogP contribution is 2.17. The molecule has 128 valence electrons. The molecule has 1 unspecified atom stereocenters. The Bertz CT molecular complexity index is 772. The second-order valence-electron chi connectivity index (χ2n) is 5.15. The largest absolute Gasteiger partial charge is 0.337 e. The third-order valence-corrected chi connectivity index (χ3v) is 3.58. The summed E-state index contributed by atoms with van der Waals surface area (Å²) in [5, 5.41) is 20.1. The van der Waals surface area contributed by atoms with Crippen molar-refractivity contribution in [3.8, 4) is 11.4 Å². The summed E-state index contributed by atoms with van der Waals surface area (Å²) in [6, 6.07) is 7.53. The highest BCUT2D eigenvalue weighted by molar-refractivity contribution is 6.30. The van der Waals surface area contributed by atoms with E-state index in [0.29, 0.717) is 29.0 Å². The predicted molar refractivity (Wildman–Crippen MR) is 91.1 cm³/mol. The average Bonchev–Trinajstić information content (AvgIpc) is 3.18. The molecule has 0 saturated heterocycles. The van der Waals surface area contributed by atoms with Gasteiger partial charge in [-0.25, -0.2) is 0 Å². The highest BCUT2D eigenvalue weighted by atomic mass is 35.5. The zero-order chi connectivity index (χ0) is 16.2. The van der Waals surface area contributed by atoms with Crippen LogP contribution in [-0.2, 0) is 13.0 Å². The van der Waals surface area contributed by atoms with Crippen LogP contribution in [0, 0.1) is 0 Å². The zero-order valence-corrected chi connectivity index (χ0v) is 14.8. The van der Waals surface area contributed by atoms with Crippen LogP contribution in [0.2, 0.25) is 5.02 Å². The van der Waals surface area contributed by atoms with Gasteiger partial charge in [0.05, 0.1) is 0 Å². The fraction of sp³-hybridized carbons (Fsp3) is 0.357. The molecule has 2 aromatic heterocycles. The maximum Gasteiger partial charge on any atom is 0.250 e. The number of nitrogens with zero attached hydrogens (tertiary/aromatic N) is 6. The van der Waals surface area contributed by atoms with Gasteiger partial charge in [0, 0.05) is 23.0 Å². The lowest BCUT2D eigenvalue weighted by Crippen LogP contribution is -2.24. The van der Waals surface area contributed by atoms with E-state index in [0.717, 1.165) is 5.56 Å². The van der Waals surface area contributed by atoms with Crippen LogP contribution in [0.4, 0.5) is 0 Å². The summed E-state index contributed by atoms with van der Waals surface area (Å²) in [5.41, 5.74) is 0.842. The van der Waals surface area contributed by atoms with E-state index in [1.54, 1.807) is 12.1 Å². The molecule has 1 aromatic carbocycles. The van der Waals surface area contributed by atoms with Gasteiger partial charge in [-0.3, -0.25) is 0 Å². The molecular formula is C14H17Cl2N7O. The number of hydrogen-bond acceptors (Lipinski definition) is 7. The molecule has 10 heteroatoms. The van der Waals surface area contributed by atoms with Gasteiger partial charge >= 0.3 is 0 Å². The summed E-state index contributed by atoms with van der Waals surface area (Å²) in [7, 11) is 1.89. The van der Waals surface area contributed by atoms with Crippen molar-refractivity contribution in [2.45, 2.75) is 25.9 Å². The number of hydrogen-bond donors (Lipinski definition) is 1. The number of aromatic nitrogens is 6. The first kappa shape index (κ1) is 18.3. The van der Waals surface area contributed by atoms with Gasteiger partial charge in [-0.2, -0.15) is 9.78 Å². The molecular weight excluding hydrogens is 353 g/mol. The van der Waals surface area contributed by atoms with E-state index in [1.807, 2.05) is 26.1 Å². The molecule has 0 aliphatic rings. The summed E-state index contributed by atoms with van der Waals surface area (Å²) in [5.74, 6) is 1.62. The first-order valence-electron chi connectivity index (χ1n) is 7.16. The van der Waals surface area contributed by atoms with Gasteiger partial charge < -0.3 is 9.84 Å². The number of likely N-dealkylation sites (N-methyl/N-ethyl adjacent to an activating group) is 1. The minimum Gasteiger partial charge on any atom is -0.337 e. The van der Waals surface area contributed by atoms with E-state index >= 15 is 0 Å². The van der Waals surface area contributed by atoms with Gasteiger partial charge in [0.2, 0.25) is 11.7 Å². The molecule has 0 aliphatic carbocycles. The van der Waals surface area contributed by atoms with E-state index in [9.17, 15) is 0 Å². The van der Waals surface area contributed by atoms with Crippen molar-refractivity contribution in [2.24, 2.45) is 0 Å². The van der Waals surface area contributed by atoms with E-state index in [-0.39, 0.29) is 25.0 Å². The highest BCUT2D eigenvalue weighted by Gasteiger charge is 2.12. The number of halogens is 2. The minimum atomic E-state index is 0. The Balaban J connectivity index is 0.00000208. The first-order chi connectivity index (χ1) is 11.1. The second-order valence-corrected chi connectivity index (χ2v) is 5.58. The smallest absolute Gasteiger partial charge is 0.250 e. The number of benzene rings is 1. The maximum atomic E-state index is 5.87. The quantitative estimate of drug-likeness (QED) is 0.709. The standard InChI is InChI=1S/C14H16ClN7O.ClH/c1-9(16-2)7-12-17-13(23-20-12)8-22-19-14(18-21-22)10-3-5-11(15)6-4-10;/h3-6,9,16H,7-8H2,1-2H3;1H. The monoisotopic (exact) mass is 369 g/mol. The molecule has 1 N–H and O–H groups in total. The van der Waals surface area contributed by atoms with E-state index < -0.39 is 0 Å². The van der Waals surface area contributed by atoms with Crippen molar-refractivity contribution in [2.75, 3.05) is 7.05 Å². The molecule has 2 heterocycles. The van der Waals surface area contributed by atoms with Crippen molar-refractivity contribution in [3.63, 3.8) is 0 Å². The van der Waals surface area contributed by atoms with E-state index in [1.165, 1.54) is 4.80 Å². The van der Waals surface area contributed by atoms with Crippen LogP contribution >= 0.6 is 24.0 Å². The molecule has 1 atom stereocenters. The van der Waals surface area contributed by atoms with Crippen molar-refractivity contribution in [1.82, 2.24) is 35.7 Å². The van der Waals surface area contributed by atoms with Gasteiger partial charge in [-0.15, -0.1) is 22.6 Å². The number of rotatable bonds is 6. The van der Waals surface area contributed by atoms with Crippen LogP contribution in [0.3, 0.4) is 0 Å². The molecule has 0 aliphatic heterocycles. The van der Waals surface area contributed by atoms with Crippen molar-refractivity contribution in [3.05, 3.63) is 41.0 Å². The average molecular weight is 370 g/mol. The Labute approximate surface area is 150 Å². The van der Waals surface area contributed by atoms with Gasteiger partial charge in [0.15, 0.2) is 5.82 Å². The Hall–Kier alpha value is -2.03. The molecule has 0 amide bonds. The fourth-order valence-electron chi connectivity index (χ4n) is 1.96. The van der Waals surface area contributed by atoms with Crippen molar-refractivity contribution >= 4 is 24.0 Å². The van der Waals surface area contributed by atoms with Gasteiger partial charge in [-0.1, -0.05) is 16.8 Å². The SMILES string of the molecule is CNC(C)Cc1noc(Cn2nnc(-c3ccc(Cl)cc3)n2)n1.Cl. The van der Waals surface area contributed by atoms with Crippen LogP contribution in [-0.4, -0.2) is 43.4 Å². The van der Waals surface area contributed by atoms with Crippen LogP contribution < -0.4 is 5.32 Å². The van der Waals surface area contributed by atoms with Gasteiger partial charge in [-0.05, 0) is 43.5 Å². The fourth-order valence-corrected chi connectivity index (χ4v) is 2.08. The van der Waals surface area contributed by atoms with E-state index in [2.05, 4.69) is 30.9 Å². The van der Waals surface area contributed by atoms with Gasteiger partial charge in [0.1, 0.15) is 6.54 Å². The number of nitrogens with one attached hydrogen (secondary N) is 1. The van der Waals surface area contributed by atoms with Crippen molar-refractivity contribution in [1.29, 1.82) is 0 Å². The summed E-state index contributed by atoms with van der Waals surface area (Å²) >= 11 is 5.87. The molecule has 0 fully saturated rings. The lowest BCUT2D eigenvalue weighted by Gasteiger charge is -2.04. The van der Waals surface area contributed by atoms with E-state index in [4.69, 9.17) is 16.1 Å². The van der Waals surface area contributed by atoms with Crippen LogP contribution in [0.5, 0.6) is 0 Å². The lowest BCUT2D eigenvalue weighted by molar-refractivity contribution is 0.351. The normalized spacial score (nSPS) is 12.0. The van der Waals surface area contributed by atoms with Crippen LogP contribution in [0.1, 0.15) is 18.6 Å². The molecule has 0 saturated carbocycles. The summed E-state index contributed by atoms with van der Waals surface area (Å²) in [6.07, 6.45) is 0.695. The van der Waals surface area contributed by atoms with Crippen LogP contribution in [0.15, 0.2) is 28.8 Å². The minimum absolute atomic E-state index is 0. The summed E-state index contributed by atoms with van der Waals surface area (Å²) < 4.78 is 5.21. The molecule has 0 spiro atoms. The molecule has 8 nitrogen and oxygen atoms in total. The Morgan fingerprint density at radius 3 is 2.75 bits per heavy atom. The Morgan fingerprint density at radius 2 is 2.04 bits per heavy atom. The maximum absolute atomic E-state index is 5.87. The topological polar surface area (TPSA) is 94.6 Å². The summed E-state index contributed by atoms with van der Waals surface area (Å²) in [6.45, 7) is 2.33. The third-order valence-electron chi connectivity index (χ3n) is 3.32. The lowest BCUT2D eigenvalue weighted by atomic mass is 10.2. The molecule has 0 bridgehead atoms. The first-order valence-corrected chi connectivity index (χ1v) is 7.54. The Morgan fingerprint density at radius 1 is 1.29 bits per heavy atom. The predicted octanol–water partition coefficient (Wildman–Crippen LogP) is 2.00. The van der Waals surface area contributed by atoms with Crippen molar-refractivity contribution < 1.29 is 4.52 Å². The van der Waals surface area contributed by atoms with Crippen LogP contribution in [0.25, 0.3) is 11.4 Å². The second kappa shape index (κ2) is 8.18.